The fourth-order valence-electron chi connectivity index (χ4n) is 0.531. The highest BCUT2D eigenvalue weighted by Crippen LogP contribution is 2.01. The van der Waals surface area contributed by atoms with E-state index in [1.54, 1.807) is 6.92 Å². The average Bonchev–Trinajstić information content (AvgIpc) is 1.84. The number of carboxylic acid groups (broad SMARTS) is 2. The van der Waals surface area contributed by atoms with E-state index in [1.807, 2.05) is 0 Å². The Morgan fingerprint density at radius 1 is 1.33 bits per heavy atom. The van der Waals surface area contributed by atoms with Crippen molar-refractivity contribution in [2.45, 2.75) is 6.92 Å². The Morgan fingerprint density at radius 3 is 2.00 bits per heavy atom. The number of rotatable bonds is 4. The van der Waals surface area contributed by atoms with Crippen molar-refractivity contribution in [1.29, 1.82) is 0 Å². The quantitative estimate of drug-likeness (QED) is 0.485. The normalized spacial score (nSPS) is 10.5. The van der Waals surface area contributed by atoms with Crippen molar-refractivity contribution in [3.63, 3.8) is 0 Å². The summed E-state index contributed by atoms with van der Waals surface area (Å²) in [6.07, 6.45) is 2.46. The molecule has 0 spiro atoms. The van der Waals surface area contributed by atoms with Crippen molar-refractivity contribution >= 4 is 11.9 Å². The molecule has 0 rings (SSSR count). The van der Waals surface area contributed by atoms with Crippen molar-refractivity contribution < 1.29 is 19.8 Å². The molecule has 0 saturated heterocycles. The third-order valence-electron chi connectivity index (χ3n) is 1.11. The lowest BCUT2D eigenvalue weighted by Crippen LogP contribution is -2.20. The van der Waals surface area contributed by atoms with Crippen LogP contribution in [0.5, 0.6) is 0 Å². The summed E-state index contributed by atoms with van der Waals surface area (Å²) in [5.41, 5.74) is 0.613. The van der Waals surface area contributed by atoms with E-state index in [0.717, 1.165) is 6.08 Å². The van der Waals surface area contributed by atoms with Crippen LogP contribution in [0.4, 0.5) is 0 Å². The van der Waals surface area contributed by atoms with Gasteiger partial charge >= 0.3 is 11.9 Å². The van der Waals surface area contributed by atoms with Gasteiger partial charge in [0.15, 0.2) is 5.92 Å². The van der Waals surface area contributed by atoms with Gasteiger partial charge < -0.3 is 10.2 Å². The van der Waals surface area contributed by atoms with E-state index in [0.29, 0.717) is 5.57 Å². The van der Waals surface area contributed by atoms with Crippen molar-refractivity contribution in [2.24, 2.45) is 5.92 Å². The lowest BCUT2D eigenvalue weighted by molar-refractivity contribution is -0.151. The van der Waals surface area contributed by atoms with E-state index >= 15 is 0 Å². The molecular formula is C8H10O4. The molecule has 0 heterocycles. The molecule has 0 amide bonds. The van der Waals surface area contributed by atoms with Crippen molar-refractivity contribution in [3.8, 4) is 0 Å². The first kappa shape index (κ1) is 10.4. The van der Waals surface area contributed by atoms with Crippen LogP contribution >= 0.6 is 0 Å². The zero-order chi connectivity index (χ0) is 9.72. The molecule has 2 N–H and O–H groups in total. The molecule has 12 heavy (non-hydrogen) atoms. The predicted octanol–water partition coefficient (Wildman–Crippen LogP) is 0.904. The molecule has 0 atom stereocenters. The molecule has 4 nitrogen and oxygen atoms in total. The zero-order valence-corrected chi connectivity index (χ0v) is 6.65. The maximum absolute atomic E-state index is 10.3. The van der Waals surface area contributed by atoms with Gasteiger partial charge in [0.05, 0.1) is 0 Å². The van der Waals surface area contributed by atoms with Crippen molar-refractivity contribution in [1.82, 2.24) is 0 Å². The predicted molar refractivity (Wildman–Crippen MR) is 42.7 cm³/mol. The Kier molecular flexibility index (Phi) is 3.76. The highest BCUT2D eigenvalue weighted by Gasteiger charge is 2.21. The van der Waals surface area contributed by atoms with Crippen LogP contribution in [-0.2, 0) is 9.59 Å². The number of carbonyl (C=O) groups is 2. The Morgan fingerprint density at radius 2 is 1.75 bits per heavy atom. The summed E-state index contributed by atoms with van der Waals surface area (Å²) in [7, 11) is 0. The largest absolute Gasteiger partial charge is 0.480 e. The Balaban J connectivity index is 4.44. The standard InChI is InChI=1S/C8H10O4/c1-5(2)3-4-6(7(9)10)8(11)12/h3-4,6H,1H2,2H3,(H,9,10)(H,11,12). The van der Waals surface area contributed by atoms with Gasteiger partial charge in [0, 0.05) is 0 Å². The van der Waals surface area contributed by atoms with E-state index in [4.69, 9.17) is 10.2 Å². The first-order chi connectivity index (χ1) is 5.45. The molecule has 0 bridgehead atoms. The van der Waals surface area contributed by atoms with Gasteiger partial charge in [-0.1, -0.05) is 24.3 Å². The van der Waals surface area contributed by atoms with E-state index < -0.39 is 17.9 Å². The van der Waals surface area contributed by atoms with Crippen LogP contribution in [0.1, 0.15) is 6.92 Å². The monoisotopic (exact) mass is 170 g/mol. The molecule has 0 aromatic carbocycles. The first-order valence-corrected chi connectivity index (χ1v) is 3.24. The van der Waals surface area contributed by atoms with Crippen LogP contribution in [0.3, 0.4) is 0 Å². The van der Waals surface area contributed by atoms with Gasteiger partial charge in [0.1, 0.15) is 0 Å². The lowest BCUT2D eigenvalue weighted by atomic mass is 10.1. The number of aliphatic carboxylic acids is 2. The molecular weight excluding hydrogens is 160 g/mol. The molecule has 0 aromatic heterocycles. The molecule has 66 valence electrons. The van der Waals surface area contributed by atoms with Crippen molar-refractivity contribution in [3.05, 3.63) is 24.3 Å². The molecule has 0 aliphatic rings. The SMILES string of the molecule is C=C(C)C=CC(C(=O)O)C(=O)O. The van der Waals surface area contributed by atoms with E-state index in [1.165, 1.54) is 6.08 Å². The second-order valence-corrected chi connectivity index (χ2v) is 2.36. The minimum atomic E-state index is -1.48. The molecule has 0 aliphatic carbocycles. The van der Waals surface area contributed by atoms with Gasteiger partial charge in [-0.25, -0.2) is 0 Å². The van der Waals surface area contributed by atoms with Crippen LogP contribution in [0.15, 0.2) is 24.3 Å². The fourth-order valence-corrected chi connectivity index (χ4v) is 0.531. The Bertz CT molecular complexity index is 225. The van der Waals surface area contributed by atoms with Gasteiger partial charge in [-0.2, -0.15) is 0 Å². The van der Waals surface area contributed by atoms with Gasteiger partial charge in [-0.3, -0.25) is 9.59 Å². The molecule has 0 unspecified atom stereocenters. The minimum absolute atomic E-state index is 0.613. The molecule has 0 aromatic rings. The second kappa shape index (κ2) is 4.33. The van der Waals surface area contributed by atoms with E-state index in [9.17, 15) is 9.59 Å². The average molecular weight is 170 g/mol. The molecule has 0 saturated carbocycles. The third kappa shape index (κ3) is 3.55. The summed E-state index contributed by atoms with van der Waals surface area (Å²) in [5, 5.41) is 16.8. The van der Waals surface area contributed by atoms with Gasteiger partial charge in [-0.05, 0) is 6.92 Å². The maximum Gasteiger partial charge on any atom is 0.321 e. The lowest BCUT2D eigenvalue weighted by Gasteiger charge is -1.99. The van der Waals surface area contributed by atoms with Crippen LogP contribution < -0.4 is 0 Å². The highest BCUT2D eigenvalue weighted by atomic mass is 16.4. The Labute approximate surface area is 69.8 Å². The van der Waals surface area contributed by atoms with Crippen LogP contribution in [0, 0.1) is 5.92 Å². The number of allylic oxidation sites excluding steroid dienone is 2. The van der Waals surface area contributed by atoms with Gasteiger partial charge in [-0.15, -0.1) is 0 Å². The van der Waals surface area contributed by atoms with E-state index in [2.05, 4.69) is 6.58 Å². The topological polar surface area (TPSA) is 74.6 Å². The second-order valence-electron chi connectivity index (χ2n) is 2.36. The molecule has 0 aliphatic heterocycles. The maximum atomic E-state index is 10.3. The van der Waals surface area contributed by atoms with Crippen LogP contribution in [-0.4, -0.2) is 22.2 Å². The summed E-state index contributed by atoms with van der Waals surface area (Å²) >= 11 is 0. The van der Waals surface area contributed by atoms with Gasteiger partial charge in [0.2, 0.25) is 0 Å². The van der Waals surface area contributed by atoms with Crippen LogP contribution in [0.2, 0.25) is 0 Å². The molecule has 4 heteroatoms. The van der Waals surface area contributed by atoms with Crippen molar-refractivity contribution in [2.75, 3.05) is 0 Å². The highest BCUT2D eigenvalue weighted by molar-refractivity contribution is 5.95. The zero-order valence-electron chi connectivity index (χ0n) is 6.65. The number of carboxylic acids is 2. The summed E-state index contributed by atoms with van der Waals surface area (Å²) in [4.78, 5) is 20.6. The van der Waals surface area contributed by atoms with Gasteiger partial charge in [0.25, 0.3) is 0 Å². The summed E-state index contributed by atoms with van der Waals surface area (Å²) < 4.78 is 0. The summed E-state index contributed by atoms with van der Waals surface area (Å²) in [6.45, 7) is 5.12. The Hall–Kier alpha value is -1.58. The first-order valence-electron chi connectivity index (χ1n) is 3.24. The molecule has 0 fully saturated rings. The number of hydrogen-bond donors (Lipinski definition) is 2. The molecule has 0 radical (unpaired) electrons. The third-order valence-corrected chi connectivity index (χ3v) is 1.11. The summed E-state index contributed by atoms with van der Waals surface area (Å²) in [5.74, 6) is -4.23. The van der Waals surface area contributed by atoms with Crippen LogP contribution in [0.25, 0.3) is 0 Å². The van der Waals surface area contributed by atoms with E-state index in [-0.39, 0.29) is 0 Å². The summed E-state index contributed by atoms with van der Waals surface area (Å²) in [6, 6.07) is 0. The fraction of sp³-hybridized carbons (Fsp3) is 0.250. The minimum Gasteiger partial charge on any atom is -0.480 e. The number of hydrogen-bond acceptors (Lipinski definition) is 2. The smallest absolute Gasteiger partial charge is 0.321 e.